The topological polar surface area (TPSA) is 69.8 Å². The Hall–Kier alpha value is -2.31. The van der Waals surface area contributed by atoms with E-state index in [-0.39, 0.29) is 18.0 Å². The molecule has 1 radical (unpaired) electrons. The van der Waals surface area contributed by atoms with Crippen molar-refractivity contribution in [2.45, 2.75) is 25.6 Å². The molecule has 4 rings (SSSR count). The van der Waals surface area contributed by atoms with E-state index in [1.807, 2.05) is 24.0 Å². The standard InChI is InChI=1S/C20H21N4OS/c1-13-2-5-15(6-3-13)18-11-26-12-19(23-18)20(25)21-9-14-4-7-17-16(8-14)10-22-24-17/h2-8,10,12,18-19,23H,9,11H2,1H3,(H,21,25)(H,22,24)/t18?,19-/m0/s1. The fraction of sp³-hybridized carbons (Fsp3) is 0.250. The van der Waals surface area contributed by atoms with Gasteiger partial charge in [-0.15, -0.1) is 0 Å². The van der Waals surface area contributed by atoms with Crippen LogP contribution in [0.3, 0.4) is 0 Å². The summed E-state index contributed by atoms with van der Waals surface area (Å²) in [4.78, 5) is 12.6. The van der Waals surface area contributed by atoms with Gasteiger partial charge in [-0.2, -0.15) is 16.9 Å². The molecule has 1 saturated heterocycles. The maximum absolute atomic E-state index is 12.6. The van der Waals surface area contributed by atoms with Gasteiger partial charge in [0, 0.05) is 29.5 Å². The van der Waals surface area contributed by atoms with Gasteiger partial charge < -0.3 is 5.32 Å². The molecule has 2 heterocycles. The number of H-pyrrole nitrogens is 1. The molecule has 26 heavy (non-hydrogen) atoms. The predicted octanol–water partition coefficient (Wildman–Crippen LogP) is 3.10. The van der Waals surface area contributed by atoms with Crippen LogP contribution < -0.4 is 10.6 Å². The maximum atomic E-state index is 12.6. The van der Waals surface area contributed by atoms with Crippen LogP contribution >= 0.6 is 11.8 Å². The van der Waals surface area contributed by atoms with E-state index in [1.54, 1.807) is 18.0 Å². The molecule has 5 nitrogen and oxygen atoms in total. The summed E-state index contributed by atoms with van der Waals surface area (Å²) in [5.74, 6) is 2.92. The van der Waals surface area contributed by atoms with Gasteiger partial charge in [0.25, 0.3) is 0 Å². The number of carbonyl (C=O) groups excluding carboxylic acids is 1. The van der Waals surface area contributed by atoms with E-state index in [0.717, 1.165) is 22.2 Å². The minimum Gasteiger partial charge on any atom is -0.351 e. The molecule has 1 aliphatic heterocycles. The van der Waals surface area contributed by atoms with Gasteiger partial charge in [0.15, 0.2) is 0 Å². The Labute approximate surface area is 157 Å². The van der Waals surface area contributed by atoms with Crippen LogP contribution in [0.1, 0.15) is 22.7 Å². The van der Waals surface area contributed by atoms with Crippen molar-refractivity contribution >= 4 is 28.6 Å². The number of fused-ring (bicyclic) bond motifs is 1. The molecule has 0 saturated carbocycles. The number of benzene rings is 2. The monoisotopic (exact) mass is 365 g/mol. The number of nitrogens with one attached hydrogen (secondary N) is 3. The van der Waals surface area contributed by atoms with Crippen LogP contribution in [-0.2, 0) is 11.3 Å². The Bertz CT molecular complexity index is 906. The van der Waals surface area contributed by atoms with Gasteiger partial charge in [-0.1, -0.05) is 35.9 Å². The second kappa shape index (κ2) is 7.51. The molecule has 6 heteroatoms. The Balaban J connectivity index is 1.37. The van der Waals surface area contributed by atoms with E-state index < -0.39 is 0 Å². The van der Waals surface area contributed by atoms with Crippen LogP contribution in [0.4, 0.5) is 0 Å². The van der Waals surface area contributed by atoms with E-state index >= 15 is 0 Å². The normalized spacial score (nSPS) is 20.2. The van der Waals surface area contributed by atoms with Gasteiger partial charge in [0.2, 0.25) is 5.91 Å². The van der Waals surface area contributed by atoms with Gasteiger partial charge in [-0.05, 0) is 30.2 Å². The zero-order valence-electron chi connectivity index (χ0n) is 14.5. The summed E-state index contributed by atoms with van der Waals surface area (Å²) in [6.07, 6.45) is 1.79. The van der Waals surface area contributed by atoms with E-state index in [1.165, 1.54) is 11.1 Å². The highest BCUT2D eigenvalue weighted by molar-refractivity contribution is 8.01. The van der Waals surface area contributed by atoms with Crippen molar-refractivity contribution in [1.82, 2.24) is 20.8 Å². The molecule has 1 fully saturated rings. The summed E-state index contributed by atoms with van der Waals surface area (Å²) in [6.45, 7) is 2.59. The number of rotatable bonds is 4. The second-order valence-electron chi connectivity index (χ2n) is 6.59. The molecule has 3 N–H and O–H groups in total. The quantitative estimate of drug-likeness (QED) is 0.664. The van der Waals surface area contributed by atoms with E-state index in [4.69, 9.17) is 0 Å². The fourth-order valence-corrected chi connectivity index (χ4v) is 4.07. The average Bonchev–Trinajstić information content (AvgIpc) is 3.14. The van der Waals surface area contributed by atoms with Crippen molar-refractivity contribution in [3.8, 4) is 0 Å². The molecule has 0 spiro atoms. The van der Waals surface area contributed by atoms with Crippen molar-refractivity contribution in [3.05, 3.63) is 71.1 Å². The van der Waals surface area contributed by atoms with Gasteiger partial charge in [-0.25, -0.2) is 0 Å². The summed E-state index contributed by atoms with van der Waals surface area (Å²) in [5, 5.41) is 14.5. The summed E-state index contributed by atoms with van der Waals surface area (Å²) < 4.78 is 0. The number of hydrogen-bond acceptors (Lipinski definition) is 4. The number of aromatic nitrogens is 2. The molecule has 2 aromatic carbocycles. The van der Waals surface area contributed by atoms with Crippen molar-refractivity contribution in [2.75, 3.05) is 5.75 Å². The highest BCUT2D eigenvalue weighted by atomic mass is 32.2. The zero-order chi connectivity index (χ0) is 17.9. The molecular weight excluding hydrogens is 344 g/mol. The third-order valence-electron chi connectivity index (χ3n) is 4.61. The molecule has 3 aromatic rings. The molecular formula is C20H21N4OS. The smallest absolute Gasteiger partial charge is 0.238 e. The first-order chi connectivity index (χ1) is 12.7. The average molecular weight is 365 g/mol. The van der Waals surface area contributed by atoms with Gasteiger partial charge >= 0.3 is 0 Å². The SMILES string of the molecule is Cc1ccc(C2CS[CH][C@@H](C(=O)NCc3ccc4[nH]ncc4c3)N2)cc1. The number of thioether (sulfide) groups is 1. The Kier molecular flexibility index (Phi) is 4.95. The molecule has 0 aliphatic carbocycles. The van der Waals surface area contributed by atoms with E-state index in [9.17, 15) is 4.79 Å². The molecule has 1 amide bonds. The summed E-state index contributed by atoms with van der Waals surface area (Å²) >= 11 is 1.70. The summed E-state index contributed by atoms with van der Waals surface area (Å²) in [7, 11) is 0. The summed E-state index contributed by atoms with van der Waals surface area (Å²) in [5.41, 5.74) is 4.53. The van der Waals surface area contributed by atoms with Crippen molar-refractivity contribution in [1.29, 1.82) is 0 Å². The predicted molar refractivity (Wildman–Crippen MR) is 106 cm³/mol. The Morgan fingerprint density at radius 1 is 1.27 bits per heavy atom. The van der Waals surface area contributed by atoms with Crippen LogP contribution in [0.15, 0.2) is 48.7 Å². The molecule has 1 aliphatic rings. The van der Waals surface area contributed by atoms with Gasteiger partial charge in [0.05, 0.1) is 11.7 Å². The van der Waals surface area contributed by atoms with Crippen LogP contribution in [0.25, 0.3) is 10.9 Å². The molecule has 1 aromatic heterocycles. The third kappa shape index (κ3) is 3.76. The lowest BCUT2D eigenvalue weighted by atomic mass is 10.1. The molecule has 1 unspecified atom stereocenters. The lowest BCUT2D eigenvalue weighted by Crippen LogP contribution is -2.48. The first-order valence-electron chi connectivity index (χ1n) is 8.66. The third-order valence-corrected chi connectivity index (χ3v) is 5.60. The Morgan fingerprint density at radius 2 is 2.12 bits per heavy atom. The number of hydrogen-bond donors (Lipinski definition) is 3. The minimum absolute atomic E-state index is 0.00148. The highest BCUT2D eigenvalue weighted by Gasteiger charge is 2.27. The number of aryl methyl sites for hydroxylation is 1. The lowest BCUT2D eigenvalue weighted by Gasteiger charge is -2.30. The maximum Gasteiger partial charge on any atom is 0.238 e. The van der Waals surface area contributed by atoms with Gasteiger partial charge in [-0.3, -0.25) is 15.2 Å². The van der Waals surface area contributed by atoms with Crippen LogP contribution in [0, 0.1) is 12.7 Å². The highest BCUT2D eigenvalue weighted by Crippen LogP contribution is 2.27. The van der Waals surface area contributed by atoms with E-state index in [2.05, 4.69) is 52.0 Å². The lowest BCUT2D eigenvalue weighted by molar-refractivity contribution is -0.122. The largest absolute Gasteiger partial charge is 0.351 e. The number of nitrogens with zero attached hydrogens (tertiary/aromatic N) is 1. The molecule has 0 bridgehead atoms. The summed E-state index contributed by atoms with van der Waals surface area (Å²) in [6, 6.07) is 14.4. The Morgan fingerprint density at radius 3 is 2.96 bits per heavy atom. The second-order valence-corrected chi connectivity index (χ2v) is 7.53. The van der Waals surface area contributed by atoms with Gasteiger partial charge in [0.1, 0.15) is 6.04 Å². The number of amides is 1. The fourth-order valence-electron chi connectivity index (χ4n) is 3.08. The van der Waals surface area contributed by atoms with Crippen LogP contribution in [0.5, 0.6) is 0 Å². The zero-order valence-corrected chi connectivity index (χ0v) is 15.3. The molecule has 2 atom stereocenters. The first kappa shape index (κ1) is 17.1. The minimum atomic E-state index is -0.294. The molecule has 133 valence electrons. The van der Waals surface area contributed by atoms with Crippen molar-refractivity contribution in [3.63, 3.8) is 0 Å². The van der Waals surface area contributed by atoms with Crippen molar-refractivity contribution in [2.24, 2.45) is 0 Å². The van der Waals surface area contributed by atoms with E-state index in [0.29, 0.717) is 6.54 Å². The number of aromatic amines is 1. The van der Waals surface area contributed by atoms with Crippen LogP contribution in [-0.4, -0.2) is 27.9 Å². The first-order valence-corrected chi connectivity index (χ1v) is 9.71. The number of carbonyl (C=O) groups is 1. The van der Waals surface area contributed by atoms with Crippen LogP contribution in [0.2, 0.25) is 0 Å². The van der Waals surface area contributed by atoms with Crippen molar-refractivity contribution < 1.29 is 4.79 Å².